The number of carbonyl (C=O) groups is 1. The molecule has 2 heteroatoms. The van der Waals surface area contributed by atoms with Gasteiger partial charge < -0.3 is 0 Å². The summed E-state index contributed by atoms with van der Waals surface area (Å²) in [7, 11) is 0. The molecule has 0 saturated carbocycles. The molecule has 1 aromatic heterocycles. The second-order valence-corrected chi connectivity index (χ2v) is 5.30. The third-order valence-corrected chi connectivity index (χ3v) is 4.06. The van der Waals surface area contributed by atoms with E-state index in [1.54, 1.807) is 0 Å². The molecular formula is C19H13NO. The number of carbonyl (C=O) groups excluding carboxylic acids is 1. The molecule has 21 heavy (non-hydrogen) atoms. The molecule has 0 aliphatic heterocycles. The highest BCUT2D eigenvalue weighted by Crippen LogP contribution is 2.31. The summed E-state index contributed by atoms with van der Waals surface area (Å²) in [5.74, 6) is 0. The number of aryl methyl sites for hydroxylation is 1. The van der Waals surface area contributed by atoms with E-state index < -0.39 is 0 Å². The highest BCUT2D eigenvalue weighted by atomic mass is 16.1. The van der Waals surface area contributed by atoms with E-state index in [0.29, 0.717) is 0 Å². The molecule has 0 spiro atoms. The van der Waals surface area contributed by atoms with E-state index in [1.165, 1.54) is 0 Å². The molecule has 4 rings (SSSR count). The van der Waals surface area contributed by atoms with E-state index >= 15 is 0 Å². The van der Waals surface area contributed by atoms with Gasteiger partial charge in [-0.05, 0) is 17.9 Å². The first-order valence-electron chi connectivity index (χ1n) is 6.95. The molecule has 0 aliphatic carbocycles. The minimum absolute atomic E-state index is 0.726. The summed E-state index contributed by atoms with van der Waals surface area (Å²) in [6.45, 7) is 2.03. The summed E-state index contributed by atoms with van der Waals surface area (Å²) in [6.07, 6.45) is 0.945. The fourth-order valence-corrected chi connectivity index (χ4v) is 3.00. The minimum Gasteiger partial charge on any atom is -0.298 e. The maximum Gasteiger partial charge on any atom is 0.151 e. The van der Waals surface area contributed by atoms with Crippen LogP contribution >= 0.6 is 0 Å². The van der Waals surface area contributed by atoms with Gasteiger partial charge in [0.1, 0.15) is 0 Å². The predicted octanol–water partition coefficient (Wildman–Crippen LogP) is 4.66. The Morgan fingerprint density at radius 2 is 1.57 bits per heavy atom. The van der Waals surface area contributed by atoms with Crippen LogP contribution in [0.3, 0.4) is 0 Å². The van der Waals surface area contributed by atoms with E-state index in [-0.39, 0.29) is 0 Å². The fourth-order valence-electron chi connectivity index (χ4n) is 3.00. The standard InChI is InChI=1S/C19H13NO/c1-12-5-4-8-15-17(11-21)16-10-9-13-6-2-3-7-14(13)19(16)20-18(12)15/h2-11H,1H3. The van der Waals surface area contributed by atoms with Gasteiger partial charge in [-0.2, -0.15) is 0 Å². The maximum atomic E-state index is 11.7. The Labute approximate surface area is 122 Å². The molecule has 0 aliphatic rings. The van der Waals surface area contributed by atoms with Gasteiger partial charge in [0.05, 0.1) is 11.0 Å². The Bertz CT molecular complexity index is 1020. The van der Waals surface area contributed by atoms with Crippen LogP contribution in [0, 0.1) is 6.92 Å². The first-order valence-corrected chi connectivity index (χ1v) is 6.95. The third kappa shape index (κ3) is 1.66. The van der Waals surface area contributed by atoms with E-state index in [0.717, 1.165) is 50.0 Å². The molecule has 2 nitrogen and oxygen atoms in total. The Morgan fingerprint density at radius 3 is 2.43 bits per heavy atom. The average molecular weight is 271 g/mol. The quantitative estimate of drug-likeness (QED) is 0.286. The van der Waals surface area contributed by atoms with Gasteiger partial charge >= 0.3 is 0 Å². The number of fused-ring (bicyclic) bond motifs is 4. The highest BCUT2D eigenvalue weighted by molar-refractivity contribution is 6.16. The highest BCUT2D eigenvalue weighted by Gasteiger charge is 2.11. The van der Waals surface area contributed by atoms with Crippen LogP contribution in [0.2, 0.25) is 0 Å². The molecule has 0 radical (unpaired) electrons. The first kappa shape index (κ1) is 12.0. The molecule has 0 bridgehead atoms. The molecule has 0 unspecified atom stereocenters. The molecule has 0 fully saturated rings. The summed E-state index contributed by atoms with van der Waals surface area (Å²) in [5.41, 5.74) is 3.62. The van der Waals surface area contributed by atoms with Gasteiger partial charge in [-0.3, -0.25) is 4.79 Å². The normalized spacial score (nSPS) is 11.3. The zero-order valence-electron chi connectivity index (χ0n) is 11.6. The van der Waals surface area contributed by atoms with Gasteiger partial charge in [0.2, 0.25) is 0 Å². The zero-order valence-corrected chi connectivity index (χ0v) is 11.6. The van der Waals surface area contributed by atoms with Gasteiger partial charge in [0, 0.05) is 21.7 Å². The molecule has 1 heterocycles. The lowest BCUT2D eigenvalue weighted by Gasteiger charge is -2.10. The maximum absolute atomic E-state index is 11.7. The molecule has 4 aromatic rings. The van der Waals surface area contributed by atoms with Gasteiger partial charge in [-0.15, -0.1) is 0 Å². The van der Waals surface area contributed by atoms with Crippen molar-refractivity contribution in [2.24, 2.45) is 0 Å². The van der Waals surface area contributed by atoms with Crippen LogP contribution in [-0.2, 0) is 0 Å². The van der Waals surface area contributed by atoms with Crippen molar-refractivity contribution < 1.29 is 4.79 Å². The summed E-state index contributed by atoms with van der Waals surface area (Å²) in [4.78, 5) is 16.5. The topological polar surface area (TPSA) is 30.0 Å². The molecule has 3 aromatic carbocycles. The SMILES string of the molecule is Cc1cccc2c(C=O)c3ccc4ccccc4c3nc12. The van der Waals surface area contributed by atoms with Crippen molar-refractivity contribution in [3.8, 4) is 0 Å². The number of aldehydes is 1. The van der Waals surface area contributed by atoms with E-state index in [9.17, 15) is 4.79 Å². The summed E-state index contributed by atoms with van der Waals surface area (Å²) < 4.78 is 0. The number of para-hydroxylation sites is 1. The molecule has 0 N–H and O–H groups in total. The lowest BCUT2D eigenvalue weighted by molar-refractivity contribution is 0.112. The van der Waals surface area contributed by atoms with Crippen LogP contribution in [0.5, 0.6) is 0 Å². The number of hydrogen-bond donors (Lipinski definition) is 0. The number of pyridine rings is 1. The van der Waals surface area contributed by atoms with E-state index in [1.807, 2.05) is 49.4 Å². The second-order valence-electron chi connectivity index (χ2n) is 5.30. The van der Waals surface area contributed by atoms with Crippen molar-refractivity contribution in [3.05, 3.63) is 65.7 Å². The monoisotopic (exact) mass is 271 g/mol. The van der Waals surface area contributed by atoms with Crippen LogP contribution in [-0.4, -0.2) is 11.3 Å². The van der Waals surface area contributed by atoms with Crippen LogP contribution in [0.15, 0.2) is 54.6 Å². The van der Waals surface area contributed by atoms with Crippen LogP contribution in [0.25, 0.3) is 32.6 Å². The Hall–Kier alpha value is -2.74. The predicted molar refractivity (Wildman–Crippen MR) is 86.9 cm³/mol. The average Bonchev–Trinajstić information content (AvgIpc) is 2.53. The van der Waals surface area contributed by atoms with Gasteiger partial charge in [-0.25, -0.2) is 4.98 Å². The number of hydrogen-bond acceptors (Lipinski definition) is 2. The first-order chi connectivity index (χ1) is 10.3. The van der Waals surface area contributed by atoms with Crippen molar-refractivity contribution in [1.82, 2.24) is 4.98 Å². The van der Waals surface area contributed by atoms with Crippen molar-refractivity contribution >= 4 is 38.9 Å². The van der Waals surface area contributed by atoms with Crippen LogP contribution < -0.4 is 0 Å². The molecule has 100 valence electrons. The van der Waals surface area contributed by atoms with E-state index in [2.05, 4.69) is 12.1 Å². The Balaban J connectivity index is 2.35. The summed E-state index contributed by atoms with van der Waals surface area (Å²) >= 11 is 0. The molecule has 0 atom stereocenters. The molecular weight excluding hydrogens is 258 g/mol. The van der Waals surface area contributed by atoms with E-state index in [4.69, 9.17) is 4.98 Å². The summed E-state index contributed by atoms with van der Waals surface area (Å²) in [6, 6.07) is 18.2. The van der Waals surface area contributed by atoms with Gasteiger partial charge in [0.25, 0.3) is 0 Å². The van der Waals surface area contributed by atoms with Gasteiger partial charge in [-0.1, -0.05) is 54.6 Å². The Kier molecular flexibility index (Phi) is 2.51. The number of aromatic nitrogens is 1. The second kappa shape index (κ2) is 4.38. The van der Waals surface area contributed by atoms with Crippen LogP contribution in [0.4, 0.5) is 0 Å². The number of nitrogens with zero attached hydrogens (tertiary/aromatic N) is 1. The minimum atomic E-state index is 0.726. The lowest BCUT2D eigenvalue weighted by Crippen LogP contribution is -1.93. The van der Waals surface area contributed by atoms with Crippen LogP contribution in [0.1, 0.15) is 15.9 Å². The number of rotatable bonds is 1. The summed E-state index contributed by atoms with van der Waals surface area (Å²) in [5, 5.41) is 4.07. The van der Waals surface area contributed by atoms with Crippen molar-refractivity contribution in [2.45, 2.75) is 6.92 Å². The third-order valence-electron chi connectivity index (χ3n) is 4.06. The van der Waals surface area contributed by atoms with Crippen molar-refractivity contribution in [1.29, 1.82) is 0 Å². The molecule has 0 saturated heterocycles. The van der Waals surface area contributed by atoms with Crippen molar-refractivity contribution in [3.63, 3.8) is 0 Å². The van der Waals surface area contributed by atoms with Gasteiger partial charge in [0.15, 0.2) is 6.29 Å². The zero-order chi connectivity index (χ0) is 14.4. The largest absolute Gasteiger partial charge is 0.298 e. The Morgan fingerprint density at radius 1 is 0.810 bits per heavy atom. The smallest absolute Gasteiger partial charge is 0.151 e. The van der Waals surface area contributed by atoms with Crippen molar-refractivity contribution in [2.75, 3.05) is 0 Å². The lowest BCUT2D eigenvalue weighted by atomic mass is 9.98. The number of benzene rings is 3. The molecule has 0 amide bonds. The fraction of sp³-hybridized carbons (Fsp3) is 0.0526.